The van der Waals surface area contributed by atoms with Crippen molar-refractivity contribution in [2.24, 2.45) is 0 Å². The number of aromatic nitrogens is 2. The normalized spacial score (nSPS) is 11.2. The van der Waals surface area contributed by atoms with Gasteiger partial charge in [0.25, 0.3) is 5.56 Å². The predicted molar refractivity (Wildman–Crippen MR) is 146 cm³/mol. The van der Waals surface area contributed by atoms with Crippen LogP contribution in [0.5, 0.6) is 11.5 Å². The Balaban J connectivity index is 1.70. The van der Waals surface area contributed by atoms with E-state index in [1.807, 2.05) is 54.7 Å². The summed E-state index contributed by atoms with van der Waals surface area (Å²) in [7, 11) is 5.58. The van der Waals surface area contributed by atoms with Crippen LogP contribution in [0.2, 0.25) is 0 Å². The first-order valence-corrected chi connectivity index (χ1v) is 13.4. The second-order valence-corrected chi connectivity index (χ2v) is 10.5. The second-order valence-electron chi connectivity index (χ2n) is 8.57. The summed E-state index contributed by atoms with van der Waals surface area (Å²) in [5, 5.41) is 3.13. The Hall–Kier alpha value is -3.14. The van der Waals surface area contributed by atoms with Crippen LogP contribution in [0.1, 0.15) is 27.7 Å². The summed E-state index contributed by atoms with van der Waals surface area (Å²) in [6.45, 7) is 3.28. The zero-order valence-corrected chi connectivity index (χ0v) is 22.4. The first-order valence-electron chi connectivity index (χ1n) is 11.5. The average Bonchev–Trinajstić information content (AvgIpc) is 3.38. The number of likely N-dealkylation sites (N-methyl/N-ethyl adjacent to an activating group) is 1. The van der Waals surface area contributed by atoms with Crippen LogP contribution in [0.25, 0.3) is 10.9 Å². The number of ether oxygens (including phenoxy) is 2. The zero-order chi connectivity index (χ0) is 25.7. The number of thioether (sulfide) groups is 1. The fourth-order valence-electron chi connectivity index (χ4n) is 3.68. The molecule has 188 valence electrons. The molecule has 9 heteroatoms. The molecule has 0 radical (unpaired) electrons. The smallest absolute Gasteiger partial charge is 0.262 e. The highest BCUT2D eigenvalue weighted by Crippen LogP contribution is 2.30. The molecule has 0 amide bonds. The van der Waals surface area contributed by atoms with Crippen molar-refractivity contribution in [2.75, 3.05) is 34.4 Å². The van der Waals surface area contributed by atoms with Gasteiger partial charge in [0.2, 0.25) is 0 Å². The molecule has 0 saturated heterocycles. The number of methoxy groups -OCH3 is 1. The molecule has 7 nitrogen and oxygen atoms in total. The van der Waals surface area contributed by atoms with Crippen LogP contribution in [-0.4, -0.2) is 54.6 Å². The van der Waals surface area contributed by atoms with Crippen molar-refractivity contribution in [2.45, 2.75) is 24.4 Å². The third-order valence-electron chi connectivity index (χ3n) is 5.64. The summed E-state index contributed by atoms with van der Waals surface area (Å²) in [5.41, 5.74) is 2.00. The minimum atomic E-state index is -0.113. The van der Waals surface area contributed by atoms with E-state index in [0.29, 0.717) is 52.0 Å². The Kier molecular flexibility index (Phi) is 8.45. The fraction of sp³-hybridized carbons (Fsp3) is 0.296. The SMILES string of the molecule is COc1ccc(C(C)=O)cc1CSc1nc2ccc(OCCN(C)C)cc2c(=O)n1Cc1cccs1. The topological polar surface area (TPSA) is 73.7 Å². The number of rotatable bonds is 11. The Labute approximate surface area is 218 Å². The summed E-state index contributed by atoms with van der Waals surface area (Å²) in [4.78, 5) is 33.5. The van der Waals surface area contributed by atoms with Gasteiger partial charge in [0, 0.05) is 28.3 Å². The Morgan fingerprint density at radius 2 is 2.00 bits per heavy atom. The molecule has 0 aliphatic heterocycles. The summed E-state index contributed by atoms with van der Waals surface area (Å²) < 4.78 is 13.1. The maximum absolute atomic E-state index is 13.7. The highest BCUT2D eigenvalue weighted by molar-refractivity contribution is 7.98. The van der Waals surface area contributed by atoms with E-state index in [9.17, 15) is 9.59 Å². The standard InChI is InChI=1S/C27H29N3O4S2/c1-18(31)19-7-10-25(33-4)20(14-19)17-36-27-28-24-9-8-21(34-12-11-29(2)3)15-23(24)26(32)30(27)16-22-6-5-13-35-22/h5-10,13-15H,11-12,16-17H2,1-4H3. The van der Waals surface area contributed by atoms with Crippen molar-refractivity contribution in [1.29, 1.82) is 0 Å². The molecule has 0 fully saturated rings. The molecule has 4 aromatic rings. The van der Waals surface area contributed by atoms with E-state index in [0.717, 1.165) is 17.0 Å². The molecule has 36 heavy (non-hydrogen) atoms. The van der Waals surface area contributed by atoms with Crippen LogP contribution in [0.15, 0.2) is 63.9 Å². The monoisotopic (exact) mass is 523 g/mol. The first kappa shape index (κ1) is 25.9. The second kappa shape index (κ2) is 11.7. The van der Waals surface area contributed by atoms with Crippen LogP contribution in [0.3, 0.4) is 0 Å². The number of Topliss-reactive ketones (excluding diaryl/α,β-unsaturated/α-hetero) is 1. The average molecular weight is 524 g/mol. The van der Waals surface area contributed by atoms with Gasteiger partial charge < -0.3 is 14.4 Å². The highest BCUT2D eigenvalue weighted by Gasteiger charge is 2.16. The van der Waals surface area contributed by atoms with Crippen molar-refractivity contribution >= 4 is 39.8 Å². The third kappa shape index (κ3) is 6.16. The number of hydrogen-bond donors (Lipinski definition) is 0. The van der Waals surface area contributed by atoms with Gasteiger partial charge in [-0.15, -0.1) is 11.3 Å². The number of benzene rings is 2. The lowest BCUT2D eigenvalue weighted by molar-refractivity contribution is 0.101. The number of hydrogen-bond acceptors (Lipinski definition) is 8. The van der Waals surface area contributed by atoms with Crippen molar-refractivity contribution in [3.05, 3.63) is 80.3 Å². The van der Waals surface area contributed by atoms with Crippen LogP contribution in [0, 0.1) is 0 Å². The fourth-order valence-corrected chi connectivity index (χ4v) is 5.35. The molecule has 0 atom stereocenters. The molecule has 0 N–H and O–H groups in total. The molecule has 2 heterocycles. The third-order valence-corrected chi connectivity index (χ3v) is 7.52. The summed E-state index contributed by atoms with van der Waals surface area (Å²) >= 11 is 3.05. The van der Waals surface area contributed by atoms with E-state index in [4.69, 9.17) is 14.5 Å². The van der Waals surface area contributed by atoms with Crippen molar-refractivity contribution in [1.82, 2.24) is 14.5 Å². The lowest BCUT2D eigenvalue weighted by atomic mass is 10.1. The Morgan fingerprint density at radius 3 is 2.69 bits per heavy atom. The molecule has 0 saturated carbocycles. The lowest BCUT2D eigenvalue weighted by Crippen LogP contribution is -2.24. The van der Waals surface area contributed by atoms with Gasteiger partial charge in [-0.05, 0) is 68.9 Å². The maximum Gasteiger partial charge on any atom is 0.262 e. The lowest BCUT2D eigenvalue weighted by Gasteiger charge is -2.15. The molecule has 0 aliphatic rings. The minimum absolute atomic E-state index is 0.00839. The Bertz CT molecular complexity index is 1410. The van der Waals surface area contributed by atoms with Gasteiger partial charge in [-0.2, -0.15) is 0 Å². The first-order chi connectivity index (χ1) is 17.4. The Morgan fingerprint density at radius 1 is 1.17 bits per heavy atom. The predicted octanol–water partition coefficient (Wildman–Crippen LogP) is 4.95. The zero-order valence-electron chi connectivity index (χ0n) is 20.8. The summed E-state index contributed by atoms with van der Waals surface area (Å²) in [6.07, 6.45) is 0. The number of carbonyl (C=O) groups excluding carboxylic acids is 1. The number of fused-ring (bicyclic) bond motifs is 1. The van der Waals surface area contributed by atoms with Crippen LogP contribution in [-0.2, 0) is 12.3 Å². The van der Waals surface area contributed by atoms with Gasteiger partial charge in [0.1, 0.15) is 18.1 Å². The molecular formula is C27H29N3O4S2. The van der Waals surface area contributed by atoms with Crippen molar-refractivity contribution in [3.63, 3.8) is 0 Å². The molecule has 0 spiro atoms. The number of ketones is 1. The van der Waals surface area contributed by atoms with Gasteiger partial charge in [-0.1, -0.05) is 17.8 Å². The van der Waals surface area contributed by atoms with Crippen molar-refractivity contribution < 1.29 is 14.3 Å². The van der Waals surface area contributed by atoms with Crippen LogP contribution in [0.4, 0.5) is 0 Å². The maximum atomic E-state index is 13.7. The van der Waals surface area contributed by atoms with Gasteiger partial charge in [0.05, 0.1) is 24.6 Å². The molecule has 2 aromatic heterocycles. The molecule has 2 aromatic carbocycles. The molecule has 4 rings (SSSR count). The van der Waals surface area contributed by atoms with Crippen LogP contribution < -0.4 is 15.0 Å². The van der Waals surface area contributed by atoms with E-state index in [-0.39, 0.29) is 11.3 Å². The van der Waals surface area contributed by atoms with E-state index in [1.54, 1.807) is 48.1 Å². The summed E-state index contributed by atoms with van der Waals surface area (Å²) in [5.74, 6) is 1.83. The minimum Gasteiger partial charge on any atom is -0.496 e. The largest absolute Gasteiger partial charge is 0.496 e. The van der Waals surface area contributed by atoms with Gasteiger partial charge in [-0.25, -0.2) is 4.98 Å². The number of nitrogens with zero attached hydrogens (tertiary/aromatic N) is 3. The van der Waals surface area contributed by atoms with Gasteiger partial charge in [-0.3, -0.25) is 14.2 Å². The van der Waals surface area contributed by atoms with Crippen LogP contribution >= 0.6 is 23.1 Å². The van der Waals surface area contributed by atoms with Crippen molar-refractivity contribution in [3.8, 4) is 11.5 Å². The number of carbonyl (C=O) groups is 1. The number of thiophene rings is 1. The molecule has 0 bridgehead atoms. The highest BCUT2D eigenvalue weighted by atomic mass is 32.2. The summed E-state index contributed by atoms with van der Waals surface area (Å²) in [6, 6.07) is 14.8. The van der Waals surface area contributed by atoms with E-state index < -0.39 is 0 Å². The molecule has 0 aliphatic carbocycles. The van der Waals surface area contributed by atoms with Gasteiger partial charge >= 0.3 is 0 Å². The quantitative estimate of drug-likeness (QED) is 0.156. The molecular weight excluding hydrogens is 494 g/mol. The van der Waals surface area contributed by atoms with E-state index in [1.165, 1.54) is 11.8 Å². The van der Waals surface area contributed by atoms with E-state index in [2.05, 4.69) is 0 Å². The van der Waals surface area contributed by atoms with Gasteiger partial charge in [0.15, 0.2) is 10.9 Å². The van der Waals surface area contributed by atoms with E-state index >= 15 is 0 Å². The molecule has 0 unspecified atom stereocenters.